The molecule has 0 heterocycles. The predicted molar refractivity (Wildman–Crippen MR) is 62.8 cm³/mol. The Balaban J connectivity index is 2.62. The summed E-state index contributed by atoms with van der Waals surface area (Å²) in [7, 11) is 1.44. The van der Waals surface area contributed by atoms with Gasteiger partial charge in [0.25, 0.3) is 0 Å². The SMILES string of the molecule is COc1ccc([C@@H](N)CCCCN)cc1F. The third-order valence-corrected chi connectivity index (χ3v) is 2.57. The van der Waals surface area contributed by atoms with E-state index in [9.17, 15) is 4.39 Å². The third kappa shape index (κ3) is 3.47. The smallest absolute Gasteiger partial charge is 0.165 e. The van der Waals surface area contributed by atoms with Gasteiger partial charge in [-0.2, -0.15) is 0 Å². The lowest BCUT2D eigenvalue weighted by atomic mass is 10.0. The molecule has 0 aromatic heterocycles. The van der Waals surface area contributed by atoms with E-state index in [0.29, 0.717) is 6.54 Å². The molecule has 4 N–H and O–H groups in total. The number of methoxy groups -OCH3 is 1. The maximum atomic E-state index is 13.4. The topological polar surface area (TPSA) is 61.3 Å². The first kappa shape index (κ1) is 12.9. The Morgan fingerprint density at radius 3 is 2.69 bits per heavy atom. The van der Waals surface area contributed by atoms with Crippen LogP contribution in [0.25, 0.3) is 0 Å². The average Bonchev–Trinajstić information content (AvgIpc) is 2.29. The Morgan fingerprint density at radius 2 is 2.12 bits per heavy atom. The first-order chi connectivity index (χ1) is 7.69. The van der Waals surface area contributed by atoms with Crippen molar-refractivity contribution in [2.75, 3.05) is 13.7 Å². The van der Waals surface area contributed by atoms with Crippen molar-refractivity contribution in [3.8, 4) is 5.75 Å². The van der Waals surface area contributed by atoms with E-state index in [1.54, 1.807) is 12.1 Å². The number of unbranched alkanes of at least 4 members (excludes halogenated alkanes) is 1. The summed E-state index contributed by atoms with van der Waals surface area (Å²) in [5, 5.41) is 0. The molecule has 3 nitrogen and oxygen atoms in total. The summed E-state index contributed by atoms with van der Waals surface area (Å²) in [6, 6.07) is 4.71. The van der Waals surface area contributed by atoms with Crippen molar-refractivity contribution < 1.29 is 9.13 Å². The first-order valence-electron chi connectivity index (χ1n) is 5.48. The number of ether oxygens (including phenoxy) is 1. The van der Waals surface area contributed by atoms with Gasteiger partial charge in [-0.25, -0.2) is 4.39 Å². The predicted octanol–water partition coefficient (Wildman–Crippen LogP) is 1.96. The minimum atomic E-state index is -0.366. The Morgan fingerprint density at radius 1 is 1.38 bits per heavy atom. The molecule has 90 valence electrons. The molecule has 1 aromatic rings. The first-order valence-corrected chi connectivity index (χ1v) is 5.48. The van der Waals surface area contributed by atoms with Crippen LogP contribution in [0.2, 0.25) is 0 Å². The van der Waals surface area contributed by atoms with Crippen LogP contribution in [-0.2, 0) is 0 Å². The molecule has 4 heteroatoms. The zero-order valence-corrected chi connectivity index (χ0v) is 9.58. The van der Waals surface area contributed by atoms with E-state index in [1.807, 2.05) is 0 Å². The van der Waals surface area contributed by atoms with Crippen LogP contribution in [0, 0.1) is 5.82 Å². The van der Waals surface area contributed by atoms with E-state index in [2.05, 4.69) is 0 Å². The van der Waals surface area contributed by atoms with Crippen LogP contribution in [0.5, 0.6) is 5.75 Å². The zero-order chi connectivity index (χ0) is 12.0. The van der Waals surface area contributed by atoms with Gasteiger partial charge in [-0.15, -0.1) is 0 Å². The molecule has 16 heavy (non-hydrogen) atoms. The maximum absolute atomic E-state index is 13.4. The lowest BCUT2D eigenvalue weighted by molar-refractivity contribution is 0.385. The largest absolute Gasteiger partial charge is 0.494 e. The Bertz CT molecular complexity index is 331. The molecule has 1 rings (SSSR count). The van der Waals surface area contributed by atoms with Gasteiger partial charge in [0.05, 0.1) is 7.11 Å². The van der Waals surface area contributed by atoms with Gasteiger partial charge in [0.1, 0.15) is 0 Å². The number of rotatable bonds is 6. The number of hydrogen-bond acceptors (Lipinski definition) is 3. The Hall–Kier alpha value is -1.13. The highest BCUT2D eigenvalue weighted by molar-refractivity contribution is 5.30. The second kappa shape index (κ2) is 6.45. The van der Waals surface area contributed by atoms with Gasteiger partial charge in [0.2, 0.25) is 0 Å². The van der Waals surface area contributed by atoms with Crippen LogP contribution in [0.3, 0.4) is 0 Å². The van der Waals surface area contributed by atoms with Crippen molar-refractivity contribution in [2.45, 2.75) is 25.3 Å². The molecule has 0 saturated carbocycles. The van der Waals surface area contributed by atoms with E-state index in [1.165, 1.54) is 13.2 Å². The van der Waals surface area contributed by atoms with Crippen LogP contribution < -0.4 is 16.2 Å². The second-order valence-electron chi connectivity index (χ2n) is 3.78. The van der Waals surface area contributed by atoms with Gasteiger partial charge in [0.15, 0.2) is 11.6 Å². The summed E-state index contributed by atoms with van der Waals surface area (Å²) in [5.41, 5.74) is 12.1. The molecule has 0 aliphatic rings. The summed E-state index contributed by atoms with van der Waals surface area (Å²) in [6.45, 7) is 0.670. The number of hydrogen-bond donors (Lipinski definition) is 2. The van der Waals surface area contributed by atoms with Gasteiger partial charge in [-0.1, -0.05) is 12.5 Å². The van der Waals surface area contributed by atoms with Crippen LogP contribution >= 0.6 is 0 Å². The van der Waals surface area contributed by atoms with Crippen molar-refractivity contribution in [3.63, 3.8) is 0 Å². The van der Waals surface area contributed by atoms with Gasteiger partial charge in [0, 0.05) is 6.04 Å². The van der Waals surface area contributed by atoms with Gasteiger partial charge < -0.3 is 16.2 Å². The molecule has 0 aliphatic heterocycles. The van der Waals surface area contributed by atoms with Crippen molar-refractivity contribution in [1.29, 1.82) is 0 Å². The summed E-state index contributed by atoms with van der Waals surface area (Å²) >= 11 is 0. The highest BCUT2D eigenvalue weighted by Crippen LogP contribution is 2.23. The molecule has 0 bridgehead atoms. The van der Waals surface area contributed by atoms with Crippen LogP contribution in [-0.4, -0.2) is 13.7 Å². The maximum Gasteiger partial charge on any atom is 0.165 e. The highest BCUT2D eigenvalue weighted by atomic mass is 19.1. The lowest BCUT2D eigenvalue weighted by Crippen LogP contribution is -2.11. The number of nitrogens with two attached hydrogens (primary N) is 2. The van der Waals surface area contributed by atoms with Crippen LogP contribution in [0.15, 0.2) is 18.2 Å². The molecular formula is C12H19FN2O. The average molecular weight is 226 g/mol. The molecule has 1 aromatic carbocycles. The summed E-state index contributed by atoms with van der Waals surface area (Å²) in [6.07, 6.45) is 2.74. The molecule has 0 amide bonds. The van der Waals surface area contributed by atoms with E-state index in [4.69, 9.17) is 16.2 Å². The van der Waals surface area contributed by atoms with E-state index < -0.39 is 0 Å². The molecule has 0 radical (unpaired) electrons. The van der Waals surface area contributed by atoms with Crippen LogP contribution in [0.1, 0.15) is 30.9 Å². The van der Waals surface area contributed by atoms with Crippen molar-refractivity contribution in [2.24, 2.45) is 11.5 Å². The third-order valence-electron chi connectivity index (χ3n) is 2.57. The fraction of sp³-hybridized carbons (Fsp3) is 0.500. The highest BCUT2D eigenvalue weighted by Gasteiger charge is 2.09. The summed E-state index contributed by atoms with van der Waals surface area (Å²) < 4.78 is 18.2. The van der Waals surface area contributed by atoms with Crippen LogP contribution in [0.4, 0.5) is 4.39 Å². The summed E-state index contributed by atoms with van der Waals surface area (Å²) in [4.78, 5) is 0. The minimum Gasteiger partial charge on any atom is -0.494 e. The Labute approximate surface area is 95.6 Å². The zero-order valence-electron chi connectivity index (χ0n) is 9.58. The number of halogens is 1. The van der Waals surface area contributed by atoms with E-state index in [-0.39, 0.29) is 17.6 Å². The fourth-order valence-corrected chi connectivity index (χ4v) is 1.59. The van der Waals surface area contributed by atoms with E-state index >= 15 is 0 Å². The van der Waals surface area contributed by atoms with Crippen molar-refractivity contribution in [3.05, 3.63) is 29.6 Å². The number of benzene rings is 1. The molecule has 0 aliphatic carbocycles. The van der Waals surface area contributed by atoms with Gasteiger partial charge >= 0.3 is 0 Å². The second-order valence-corrected chi connectivity index (χ2v) is 3.78. The van der Waals surface area contributed by atoms with Crippen molar-refractivity contribution in [1.82, 2.24) is 0 Å². The minimum absolute atomic E-state index is 0.132. The molecule has 0 unspecified atom stereocenters. The van der Waals surface area contributed by atoms with Gasteiger partial charge in [-0.05, 0) is 37.1 Å². The van der Waals surface area contributed by atoms with Crippen molar-refractivity contribution >= 4 is 0 Å². The van der Waals surface area contributed by atoms with E-state index in [0.717, 1.165) is 24.8 Å². The van der Waals surface area contributed by atoms with Gasteiger partial charge in [-0.3, -0.25) is 0 Å². The quantitative estimate of drug-likeness (QED) is 0.729. The standard InChI is InChI=1S/C12H19FN2O/c1-16-12-6-5-9(8-10(12)13)11(15)4-2-3-7-14/h5-6,8,11H,2-4,7,14-15H2,1H3/t11-/m0/s1. The molecule has 1 atom stereocenters. The fourth-order valence-electron chi connectivity index (χ4n) is 1.59. The lowest BCUT2D eigenvalue weighted by Gasteiger charge is -2.12. The molecule has 0 saturated heterocycles. The molecular weight excluding hydrogens is 207 g/mol. The monoisotopic (exact) mass is 226 g/mol. The molecule has 0 fully saturated rings. The Kier molecular flexibility index (Phi) is 5.22. The normalized spacial score (nSPS) is 12.5. The molecule has 0 spiro atoms. The summed E-state index contributed by atoms with van der Waals surface area (Å²) in [5.74, 6) is -0.118.